The smallest absolute Gasteiger partial charge is 0.331 e. The number of esters is 1. The van der Waals surface area contributed by atoms with Crippen LogP contribution in [0.1, 0.15) is 67.2 Å². The highest BCUT2D eigenvalue weighted by molar-refractivity contribution is 5.83. The summed E-state index contributed by atoms with van der Waals surface area (Å²) in [4.78, 5) is 11.6. The molecule has 0 radical (unpaired) electrons. The number of ether oxygens (including phenoxy) is 3. The van der Waals surface area contributed by atoms with Gasteiger partial charge < -0.3 is 14.2 Å². The first-order chi connectivity index (χ1) is 10.6. The predicted molar refractivity (Wildman–Crippen MR) is 92.4 cm³/mol. The Labute approximate surface area is 141 Å². The summed E-state index contributed by atoms with van der Waals surface area (Å²) in [5.74, 6) is 0.342. The molecule has 0 spiro atoms. The van der Waals surface area contributed by atoms with Crippen LogP contribution in [0, 0.1) is 5.92 Å². The SMILES string of the molecule is COC(C)(C)CCCC(C)C[C@H]1O[C@@H]1/C(C)=C/C(=O)OC(C)C. The van der Waals surface area contributed by atoms with Crippen LogP contribution in [0.15, 0.2) is 11.6 Å². The van der Waals surface area contributed by atoms with Gasteiger partial charge >= 0.3 is 5.97 Å². The summed E-state index contributed by atoms with van der Waals surface area (Å²) in [6, 6.07) is 0. The Morgan fingerprint density at radius 3 is 2.52 bits per heavy atom. The van der Waals surface area contributed by atoms with Crippen molar-refractivity contribution < 1.29 is 19.0 Å². The number of carbonyl (C=O) groups is 1. The topological polar surface area (TPSA) is 48.1 Å². The van der Waals surface area contributed by atoms with Crippen molar-refractivity contribution in [3.05, 3.63) is 11.6 Å². The maximum atomic E-state index is 11.6. The Hall–Kier alpha value is -0.870. The van der Waals surface area contributed by atoms with Gasteiger partial charge in [0.1, 0.15) is 6.10 Å². The largest absolute Gasteiger partial charge is 0.460 e. The van der Waals surface area contributed by atoms with Gasteiger partial charge in [0, 0.05) is 13.2 Å². The quantitative estimate of drug-likeness (QED) is 0.342. The zero-order valence-electron chi connectivity index (χ0n) is 15.8. The minimum absolute atomic E-state index is 0.0333. The fourth-order valence-electron chi connectivity index (χ4n) is 2.75. The van der Waals surface area contributed by atoms with E-state index in [-0.39, 0.29) is 29.9 Å². The molecule has 1 saturated heterocycles. The second kappa shape index (κ2) is 8.84. The molecular weight excluding hydrogens is 292 g/mol. The number of hydrogen-bond donors (Lipinski definition) is 0. The molecule has 1 fully saturated rings. The minimum Gasteiger partial charge on any atom is -0.460 e. The van der Waals surface area contributed by atoms with E-state index in [2.05, 4.69) is 20.8 Å². The van der Waals surface area contributed by atoms with Crippen molar-refractivity contribution in [2.75, 3.05) is 7.11 Å². The lowest BCUT2D eigenvalue weighted by molar-refractivity contribution is -0.141. The molecule has 0 N–H and O–H groups in total. The van der Waals surface area contributed by atoms with Crippen molar-refractivity contribution in [3.8, 4) is 0 Å². The number of epoxide rings is 1. The number of hydrogen-bond acceptors (Lipinski definition) is 4. The Balaban J connectivity index is 2.27. The normalized spacial score (nSPS) is 23.0. The monoisotopic (exact) mass is 326 g/mol. The second-order valence-corrected chi connectivity index (χ2v) is 7.67. The predicted octanol–water partition coefficient (Wildman–Crippen LogP) is 4.27. The maximum Gasteiger partial charge on any atom is 0.331 e. The van der Waals surface area contributed by atoms with Crippen LogP contribution in [0.5, 0.6) is 0 Å². The van der Waals surface area contributed by atoms with Crippen LogP contribution in [-0.2, 0) is 19.0 Å². The third-order valence-corrected chi connectivity index (χ3v) is 4.39. The van der Waals surface area contributed by atoms with Crippen molar-refractivity contribution in [1.82, 2.24) is 0 Å². The van der Waals surface area contributed by atoms with E-state index < -0.39 is 0 Å². The van der Waals surface area contributed by atoms with Crippen LogP contribution in [0.4, 0.5) is 0 Å². The van der Waals surface area contributed by atoms with Crippen molar-refractivity contribution in [1.29, 1.82) is 0 Å². The van der Waals surface area contributed by atoms with E-state index in [9.17, 15) is 4.79 Å². The highest BCUT2D eigenvalue weighted by atomic mass is 16.6. The van der Waals surface area contributed by atoms with E-state index in [0.29, 0.717) is 5.92 Å². The molecule has 0 aliphatic carbocycles. The molecule has 1 rings (SSSR count). The van der Waals surface area contributed by atoms with Gasteiger partial charge in [-0.1, -0.05) is 19.8 Å². The van der Waals surface area contributed by atoms with Gasteiger partial charge in [-0.3, -0.25) is 0 Å². The molecule has 4 heteroatoms. The molecule has 0 amide bonds. The Morgan fingerprint density at radius 2 is 1.96 bits per heavy atom. The molecule has 1 heterocycles. The van der Waals surface area contributed by atoms with Crippen molar-refractivity contribution in [2.24, 2.45) is 5.92 Å². The summed E-state index contributed by atoms with van der Waals surface area (Å²) < 4.78 is 16.3. The van der Waals surface area contributed by atoms with Crippen molar-refractivity contribution >= 4 is 5.97 Å². The summed E-state index contributed by atoms with van der Waals surface area (Å²) in [6.07, 6.45) is 6.28. The molecule has 4 nitrogen and oxygen atoms in total. The zero-order chi connectivity index (χ0) is 17.6. The molecule has 1 unspecified atom stereocenters. The van der Waals surface area contributed by atoms with Gasteiger partial charge in [0.2, 0.25) is 0 Å². The first-order valence-corrected chi connectivity index (χ1v) is 8.74. The standard InChI is InChI=1S/C19H34O4/c1-13(2)22-17(20)12-15(4)18-16(23-18)11-14(3)9-8-10-19(5,6)21-7/h12-14,16,18H,8-11H2,1-7H3/b15-12+/t14?,16-,18-/m1/s1. The molecule has 0 aromatic rings. The summed E-state index contributed by atoms with van der Waals surface area (Å²) in [7, 11) is 1.77. The fourth-order valence-corrected chi connectivity index (χ4v) is 2.75. The third kappa shape index (κ3) is 7.98. The lowest BCUT2D eigenvalue weighted by Crippen LogP contribution is -2.22. The minimum atomic E-state index is -0.276. The summed E-state index contributed by atoms with van der Waals surface area (Å²) in [5, 5.41) is 0. The molecule has 23 heavy (non-hydrogen) atoms. The van der Waals surface area contributed by atoms with E-state index in [4.69, 9.17) is 14.2 Å². The van der Waals surface area contributed by atoms with Crippen molar-refractivity contribution in [2.45, 2.75) is 91.1 Å². The summed E-state index contributed by atoms with van der Waals surface area (Å²) in [6.45, 7) is 12.2. The van der Waals surface area contributed by atoms with Gasteiger partial charge in [0.05, 0.1) is 17.8 Å². The first kappa shape index (κ1) is 20.2. The fraction of sp³-hybridized carbons (Fsp3) is 0.842. The highest BCUT2D eigenvalue weighted by Crippen LogP contribution is 2.35. The Kier molecular flexibility index (Phi) is 7.75. The maximum absolute atomic E-state index is 11.6. The van der Waals surface area contributed by atoms with Gasteiger partial charge in [-0.2, -0.15) is 0 Å². The van der Waals surface area contributed by atoms with E-state index in [1.54, 1.807) is 13.2 Å². The van der Waals surface area contributed by atoms with Gasteiger partial charge in [-0.15, -0.1) is 0 Å². The van der Waals surface area contributed by atoms with Crippen LogP contribution in [0.25, 0.3) is 0 Å². The summed E-state index contributed by atoms with van der Waals surface area (Å²) >= 11 is 0. The molecule has 0 saturated carbocycles. The molecule has 0 bridgehead atoms. The van der Waals surface area contributed by atoms with Crippen LogP contribution >= 0.6 is 0 Å². The van der Waals surface area contributed by atoms with E-state index in [0.717, 1.165) is 24.8 Å². The second-order valence-electron chi connectivity index (χ2n) is 7.67. The first-order valence-electron chi connectivity index (χ1n) is 8.74. The average molecular weight is 326 g/mol. The van der Waals surface area contributed by atoms with Gasteiger partial charge in [0.25, 0.3) is 0 Å². The lowest BCUT2D eigenvalue weighted by atomic mass is 9.93. The molecule has 1 aliphatic heterocycles. The average Bonchev–Trinajstić information content (AvgIpc) is 3.16. The van der Waals surface area contributed by atoms with E-state index in [1.807, 2.05) is 20.8 Å². The van der Waals surface area contributed by atoms with Crippen LogP contribution in [0.3, 0.4) is 0 Å². The molecule has 0 aromatic heterocycles. The van der Waals surface area contributed by atoms with Crippen LogP contribution < -0.4 is 0 Å². The molecule has 0 aromatic carbocycles. The zero-order valence-corrected chi connectivity index (χ0v) is 15.8. The number of methoxy groups -OCH3 is 1. The number of carbonyl (C=O) groups excluding carboxylic acids is 1. The lowest BCUT2D eigenvalue weighted by Gasteiger charge is -2.23. The highest BCUT2D eigenvalue weighted by Gasteiger charge is 2.40. The van der Waals surface area contributed by atoms with E-state index >= 15 is 0 Å². The van der Waals surface area contributed by atoms with E-state index in [1.165, 1.54) is 6.42 Å². The van der Waals surface area contributed by atoms with Gasteiger partial charge in [-0.05, 0) is 59.0 Å². The summed E-state index contributed by atoms with van der Waals surface area (Å²) in [5.41, 5.74) is 0.933. The Bertz CT molecular complexity index is 412. The van der Waals surface area contributed by atoms with Gasteiger partial charge in [0.15, 0.2) is 0 Å². The van der Waals surface area contributed by atoms with Crippen LogP contribution in [0.2, 0.25) is 0 Å². The molecular formula is C19H34O4. The molecule has 1 aliphatic rings. The third-order valence-electron chi connectivity index (χ3n) is 4.39. The molecule has 3 atom stereocenters. The Morgan fingerprint density at radius 1 is 1.30 bits per heavy atom. The van der Waals surface area contributed by atoms with Crippen molar-refractivity contribution in [3.63, 3.8) is 0 Å². The van der Waals surface area contributed by atoms with Crippen LogP contribution in [-0.4, -0.2) is 37.0 Å². The van der Waals surface area contributed by atoms with Gasteiger partial charge in [-0.25, -0.2) is 4.79 Å². The number of rotatable bonds is 10. The molecule has 134 valence electrons.